The molecule has 0 spiro atoms. The maximum Gasteiger partial charge on any atom is 0.268 e. The standard InChI is InChI=1S/C18H22N2O7S2/c1-26-14-7-8-17(27-2)18(9-14)29(24,25)20(13-5-3-12(19)4-6-13)15-10-28(22,23)11-16(15)21/h3-9,15-16,21H,10-11,19H2,1-2H3/t15-,16-/m0/s1. The topological polar surface area (TPSA) is 136 Å². The third kappa shape index (κ3) is 4.11. The summed E-state index contributed by atoms with van der Waals surface area (Å²) in [6.07, 6.45) is -1.39. The van der Waals surface area contributed by atoms with Crippen LogP contribution in [0.15, 0.2) is 47.4 Å². The number of benzene rings is 2. The molecule has 2 atom stereocenters. The van der Waals surface area contributed by atoms with Crippen molar-refractivity contribution >= 4 is 31.2 Å². The minimum absolute atomic E-state index is 0.0570. The van der Waals surface area contributed by atoms with Crippen molar-refractivity contribution in [3.8, 4) is 11.5 Å². The van der Waals surface area contributed by atoms with Gasteiger partial charge in [0.25, 0.3) is 10.0 Å². The molecule has 0 aliphatic carbocycles. The van der Waals surface area contributed by atoms with E-state index in [-0.39, 0.29) is 22.1 Å². The summed E-state index contributed by atoms with van der Waals surface area (Å²) in [6.45, 7) is 0. The number of ether oxygens (including phenoxy) is 2. The van der Waals surface area contributed by atoms with Crippen molar-refractivity contribution in [3.63, 3.8) is 0 Å². The highest BCUT2D eigenvalue weighted by Gasteiger charge is 2.45. The minimum atomic E-state index is -4.35. The van der Waals surface area contributed by atoms with E-state index in [4.69, 9.17) is 15.2 Å². The molecule has 0 unspecified atom stereocenters. The lowest BCUT2D eigenvalue weighted by Crippen LogP contribution is -2.47. The van der Waals surface area contributed by atoms with E-state index in [0.717, 1.165) is 4.31 Å². The maximum atomic E-state index is 13.7. The number of rotatable bonds is 6. The number of sulfonamides is 1. The van der Waals surface area contributed by atoms with Crippen LogP contribution in [0.5, 0.6) is 11.5 Å². The molecule has 2 aromatic carbocycles. The van der Waals surface area contributed by atoms with Crippen LogP contribution >= 0.6 is 0 Å². The van der Waals surface area contributed by atoms with Crippen LogP contribution in [0.1, 0.15) is 0 Å². The van der Waals surface area contributed by atoms with Gasteiger partial charge in [-0.15, -0.1) is 0 Å². The van der Waals surface area contributed by atoms with E-state index in [9.17, 15) is 21.9 Å². The Morgan fingerprint density at radius 3 is 2.24 bits per heavy atom. The summed E-state index contributed by atoms with van der Waals surface area (Å²) in [4.78, 5) is -0.215. The van der Waals surface area contributed by atoms with Crippen LogP contribution in [0.3, 0.4) is 0 Å². The van der Waals surface area contributed by atoms with E-state index in [2.05, 4.69) is 0 Å². The van der Waals surface area contributed by atoms with Gasteiger partial charge in [-0.2, -0.15) is 0 Å². The molecule has 158 valence electrons. The fourth-order valence-electron chi connectivity index (χ4n) is 3.26. The zero-order chi connectivity index (χ0) is 21.4. The third-order valence-electron chi connectivity index (χ3n) is 4.65. The van der Waals surface area contributed by atoms with Crippen LogP contribution in [0.25, 0.3) is 0 Å². The molecule has 3 N–H and O–H groups in total. The van der Waals surface area contributed by atoms with Crippen LogP contribution in [0, 0.1) is 0 Å². The molecule has 1 aliphatic heterocycles. The summed E-state index contributed by atoms with van der Waals surface area (Å²) in [5.41, 5.74) is 6.28. The highest BCUT2D eigenvalue weighted by atomic mass is 32.2. The van der Waals surface area contributed by atoms with Crippen molar-refractivity contribution in [1.82, 2.24) is 0 Å². The SMILES string of the molecule is COc1ccc(OC)c(S(=O)(=O)N(c2ccc(N)cc2)[C@H]2CS(=O)(=O)C[C@@H]2O)c1. The molecule has 1 saturated heterocycles. The average molecular weight is 443 g/mol. The molecule has 9 nitrogen and oxygen atoms in total. The van der Waals surface area contributed by atoms with Crippen molar-refractivity contribution in [1.29, 1.82) is 0 Å². The average Bonchev–Trinajstić information content (AvgIpc) is 2.94. The molecule has 3 rings (SSSR count). The van der Waals surface area contributed by atoms with E-state index < -0.39 is 43.5 Å². The molecule has 1 fully saturated rings. The van der Waals surface area contributed by atoms with Gasteiger partial charge in [-0.1, -0.05) is 0 Å². The fourth-order valence-corrected chi connectivity index (χ4v) is 6.97. The number of sulfone groups is 1. The van der Waals surface area contributed by atoms with E-state index in [1.165, 1.54) is 50.6 Å². The lowest BCUT2D eigenvalue weighted by atomic mass is 10.2. The predicted octanol–water partition coefficient (Wildman–Crippen LogP) is 0.639. The maximum absolute atomic E-state index is 13.7. The first-order valence-corrected chi connectivity index (χ1v) is 11.9. The second-order valence-corrected chi connectivity index (χ2v) is 10.6. The van der Waals surface area contributed by atoms with Gasteiger partial charge in [0.2, 0.25) is 0 Å². The Kier molecular flexibility index (Phi) is 5.65. The summed E-state index contributed by atoms with van der Waals surface area (Å²) in [5.74, 6) is -0.694. The molecule has 0 saturated carbocycles. The fraction of sp³-hybridized carbons (Fsp3) is 0.333. The molecular weight excluding hydrogens is 420 g/mol. The second kappa shape index (κ2) is 7.73. The smallest absolute Gasteiger partial charge is 0.268 e. The largest absolute Gasteiger partial charge is 0.497 e. The second-order valence-electron chi connectivity index (χ2n) is 6.62. The monoisotopic (exact) mass is 442 g/mol. The Morgan fingerprint density at radius 1 is 1.07 bits per heavy atom. The van der Waals surface area contributed by atoms with Crippen molar-refractivity contribution in [2.45, 2.75) is 17.0 Å². The summed E-state index contributed by atoms with van der Waals surface area (Å²) in [6, 6.07) is 8.97. The molecule has 0 amide bonds. The van der Waals surface area contributed by atoms with Gasteiger partial charge in [-0.05, 0) is 36.4 Å². The molecule has 0 bridgehead atoms. The van der Waals surface area contributed by atoms with Gasteiger partial charge in [-0.3, -0.25) is 4.31 Å². The van der Waals surface area contributed by atoms with Gasteiger partial charge in [-0.25, -0.2) is 16.8 Å². The summed E-state index contributed by atoms with van der Waals surface area (Å²) in [7, 11) is -5.24. The van der Waals surface area contributed by atoms with Crippen LogP contribution in [0.2, 0.25) is 0 Å². The van der Waals surface area contributed by atoms with Gasteiger partial charge in [0.15, 0.2) is 9.84 Å². The zero-order valence-corrected chi connectivity index (χ0v) is 17.5. The Balaban J connectivity index is 2.22. The Hall–Kier alpha value is -2.50. The van der Waals surface area contributed by atoms with Crippen molar-refractivity contribution < 1.29 is 31.4 Å². The first-order valence-electron chi connectivity index (χ1n) is 8.59. The van der Waals surface area contributed by atoms with Crippen LogP contribution in [-0.4, -0.2) is 59.8 Å². The van der Waals surface area contributed by atoms with Gasteiger partial charge in [0.1, 0.15) is 16.4 Å². The van der Waals surface area contributed by atoms with E-state index in [1.807, 2.05) is 0 Å². The van der Waals surface area contributed by atoms with E-state index in [0.29, 0.717) is 5.69 Å². The normalized spacial score (nSPS) is 20.9. The number of nitrogen functional groups attached to an aromatic ring is 1. The molecule has 11 heteroatoms. The Bertz CT molecular complexity index is 1100. The molecule has 0 aromatic heterocycles. The Morgan fingerprint density at radius 2 is 1.72 bits per heavy atom. The van der Waals surface area contributed by atoms with Crippen molar-refractivity contribution in [2.24, 2.45) is 0 Å². The van der Waals surface area contributed by atoms with E-state index in [1.54, 1.807) is 6.07 Å². The zero-order valence-electron chi connectivity index (χ0n) is 15.8. The number of aliphatic hydroxyl groups excluding tert-OH is 1. The van der Waals surface area contributed by atoms with Crippen molar-refractivity contribution in [2.75, 3.05) is 35.8 Å². The Labute approximate surface area is 169 Å². The van der Waals surface area contributed by atoms with Crippen LogP contribution in [-0.2, 0) is 19.9 Å². The number of hydrogen-bond acceptors (Lipinski definition) is 8. The molecular formula is C18H22N2O7S2. The van der Waals surface area contributed by atoms with E-state index >= 15 is 0 Å². The summed E-state index contributed by atoms with van der Waals surface area (Å²) in [5, 5.41) is 10.4. The quantitative estimate of drug-likeness (QED) is 0.622. The molecule has 1 heterocycles. The van der Waals surface area contributed by atoms with Crippen LogP contribution < -0.4 is 19.5 Å². The molecule has 0 radical (unpaired) electrons. The number of aliphatic hydroxyl groups is 1. The van der Waals surface area contributed by atoms with Crippen LogP contribution in [0.4, 0.5) is 11.4 Å². The van der Waals surface area contributed by atoms with Crippen molar-refractivity contribution in [3.05, 3.63) is 42.5 Å². The van der Waals surface area contributed by atoms with Gasteiger partial charge in [0.05, 0.1) is 43.6 Å². The number of anilines is 2. The highest BCUT2D eigenvalue weighted by Crippen LogP contribution is 2.36. The molecule has 2 aromatic rings. The summed E-state index contributed by atoms with van der Waals surface area (Å²) < 4.78 is 62.7. The molecule has 1 aliphatic rings. The minimum Gasteiger partial charge on any atom is -0.497 e. The summed E-state index contributed by atoms with van der Waals surface area (Å²) >= 11 is 0. The first-order chi connectivity index (χ1) is 13.6. The van der Waals surface area contributed by atoms with Gasteiger partial charge in [0, 0.05) is 11.8 Å². The number of nitrogens with zero attached hydrogens (tertiary/aromatic N) is 1. The number of methoxy groups -OCH3 is 2. The molecule has 29 heavy (non-hydrogen) atoms. The third-order valence-corrected chi connectivity index (χ3v) is 8.22. The predicted molar refractivity (Wildman–Crippen MR) is 109 cm³/mol. The lowest BCUT2D eigenvalue weighted by Gasteiger charge is -2.32. The number of hydrogen-bond donors (Lipinski definition) is 2. The lowest BCUT2D eigenvalue weighted by molar-refractivity contribution is 0.184. The van der Waals surface area contributed by atoms with Gasteiger partial charge >= 0.3 is 0 Å². The highest BCUT2D eigenvalue weighted by molar-refractivity contribution is 7.93. The number of nitrogens with two attached hydrogens (primary N) is 1. The van der Waals surface area contributed by atoms with Gasteiger partial charge < -0.3 is 20.3 Å². The first kappa shape index (κ1) is 21.2.